The second-order valence-corrected chi connectivity index (χ2v) is 3.29. The third-order valence-corrected chi connectivity index (χ3v) is 2.35. The van der Waals surface area contributed by atoms with Crippen LogP contribution in [0.25, 0.3) is 0 Å². The van der Waals surface area contributed by atoms with E-state index in [0.29, 0.717) is 0 Å². The van der Waals surface area contributed by atoms with Crippen LogP contribution < -0.4 is 5.32 Å². The molecule has 64 valence electrons. The zero-order valence-corrected chi connectivity index (χ0v) is 7.05. The molecule has 1 aliphatic rings. The molecule has 1 nitrogen and oxygen atoms in total. The van der Waals surface area contributed by atoms with Crippen LogP contribution in [0.1, 0.15) is 12.5 Å². The van der Waals surface area contributed by atoms with Gasteiger partial charge in [0, 0.05) is 5.69 Å². The van der Waals surface area contributed by atoms with Crippen molar-refractivity contribution >= 4 is 5.69 Å². The Morgan fingerprint density at radius 2 is 2.25 bits per heavy atom. The number of nitrogens with one attached hydrogen (secondary N) is 1. The highest BCUT2D eigenvalue weighted by atomic mass is 19.1. The molecule has 0 aliphatic carbocycles. The Hall–Kier alpha value is -1.05. The third kappa shape index (κ3) is 1.17. The molecule has 0 amide bonds. The van der Waals surface area contributed by atoms with Crippen LogP contribution >= 0.6 is 0 Å². The van der Waals surface area contributed by atoms with Crippen molar-refractivity contribution in [3.8, 4) is 0 Å². The Balaban J connectivity index is 2.22. The molecule has 0 radical (unpaired) electrons. The molecule has 1 aromatic carbocycles. The zero-order chi connectivity index (χ0) is 8.55. The number of para-hydroxylation sites is 1. The van der Waals surface area contributed by atoms with Crippen molar-refractivity contribution < 1.29 is 4.39 Å². The van der Waals surface area contributed by atoms with Crippen LogP contribution in [-0.4, -0.2) is 12.2 Å². The summed E-state index contributed by atoms with van der Waals surface area (Å²) in [6.07, 6.45) is 0.0331. The van der Waals surface area contributed by atoms with E-state index in [2.05, 4.69) is 5.32 Å². The van der Waals surface area contributed by atoms with Crippen molar-refractivity contribution in [2.75, 3.05) is 5.32 Å². The van der Waals surface area contributed by atoms with Gasteiger partial charge >= 0.3 is 0 Å². The molecule has 0 aromatic heterocycles. The lowest BCUT2D eigenvalue weighted by Crippen LogP contribution is -2.25. The largest absolute Gasteiger partial charge is 0.379 e. The van der Waals surface area contributed by atoms with Gasteiger partial charge in [-0.1, -0.05) is 18.2 Å². The summed E-state index contributed by atoms with van der Waals surface area (Å²) in [4.78, 5) is 0. The average Bonchev–Trinajstić information content (AvgIpc) is 2.46. The monoisotopic (exact) mass is 165 g/mol. The maximum atomic E-state index is 12.9. The average molecular weight is 165 g/mol. The van der Waals surface area contributed by atoms with E-state index in [4.69, 9.17) is 0 Å². The molecular formula is C10H12FN. The number of fused-ring (bicyclic) bond motifs is 1. The topological polar surface area (TPSA) is 12.0 Å². The molecule has 2 unspecified atom stereocenters. The van der Waals surface area contributed by atoms with Crippen molar-refractivity contribution in [3.05, 3.63) is 29.8 Å². The Morgan fingerprint density at radius 3 is 2.92 bits per heavy atom. The van der Waals surface area contributed by atoms with Crippen molar-refractivity contribution in [1.29, 1.82) is 0 Å². The fraction of sp³-hybridized carbons (Fsp3) is 0.400. The summed E-state index contributed by atoms with van der Waals surface area (Å²) >= 11 is 0. The Labute approximate surface area is 71.6 Å². The predicted octanol–water partition coefficient (Wildman–Crippen LogP) is 2.38. The standard InChI is InChI=1S/C10H12FN/c1-7(11)10-6-8-4-2-3-5-9(8)12-10/h2-5,7,10,12H,6H2,1H3. The van der Waals surface area contributed by atoms with Crippen LogP contribution in [0.3, 0.4) is 0 Å². The predicted molar refractivity (Wildman–Crippen MR) is 48.1 cm³/mol. The summed E-state index contributed by atoms with van der Waals surface area (Å²) in [6.45, 7) is 1.60. The fourth-order valence-electron chi connectivity index (χ4n) is 1.60. The van der Waals surface area contributed by atoms with Gasteiger partial charge in [0.25, 0.3) is 0 Å². The van der Waals surface area contributed by atoms with Gasteiger partial charge in [-0.3, -0.25) is 0 Å². The first-order valence-electron chi connectivity index (χ1n) is 4.26. The summed E-state index contributed by atoms with van der Waals surface area (Å²) in [6, 6.07) is 7.98. The van der Waals surface area contributed by atoms with Crippen LogP contribution in [0.2, 0.25) is 0 Å². The maximum Gasteiger partial charge on any atom is 0.118 e. The maximum absolute atomic E-state index is 12.9. The minimum absolute atomic E-state index is 0.0256. The highest BCUT2D eigenvalue weighted by Crippen LogP contribution is 2.27. The van der Waals surface area contributed by atoms with Gasteiger partial charge in [-0.15, -0.1) is 0 Å². The molecule has 1 N–H and O–H groups in total. The van der Waals surface area contributed by atoms with E-state index in [9.17, 15) is 4.39 Å². The molecule has 2 atom stereocenters. The van der Waals surface area contributed by atoms with E-state index in [1.807, 2.05) is 24.3 Å². The van der Waals surface area contributed by atoms with E-state index >= 15 is 0 Å². The van der Waals surface area contributed by atoms with Crippen LogP contribution in [0, 0.1) is 0 Å². The summed E-state index contributed by atoms with van der Waals surface area (Å²) in [5.41, 5.74) is 2.32. The zero-order valence-electron chi connectivity index (χ0n) is 7.05. The normalized spacial score (nSPS) is 23.0. The minimum atomic E-state index is -0.780. The van der Waals surface area contributed by atoms with E-state index in [1.54, 1.807) is 6.92 Å². The Bertz CT molecular complexity index is 258. The number of hydrogen-bond acceptors (Lipinski definition) is 1. The second-order valence-electron chi connectivity index (χ2n) is 3.29. The SMILES string of the molecule is CC(F)C1Cc2ccccc2N1. The van der Waals surface area contributed by atoms with Crippen LogP contribution in [0.4, 0.5) is 10.1 Å². The van der Waals surface area contributed by atoms with Crippen molar-refractivity contribution in [2.24, 2.45) is 0 Å². The summed E-state index contributed by atoms with van der Waals surface area (Å²) in [7, 11) is 0. The van der Waals surface area contributed by atoms with Gasteiger partial charge < -0.3 is 5.32 Å². The van der Waals surface area contributed by atoms with Gasteiger partial charge in [0.05, 0.1) is 6.04 Å². The molecule has 1 aliphatic heterocycles. The molecule has 0 saturated carbocycles. The summed E-state index contributed by atoms with van der Waals surface area (Å²) in [5.74, 6) is 0. The van der Waals surface area contributed by atoms with Gasteiger partial charge in [-0.2, -0.15) is 0 Å². The molecule has 2 heteroatoms. The molecule has 0 fully saturated rings. The molecule has 0 bridgehead atoms. The lowest BCUT2D eigenvalue weighted by Gasteiger charge is -2.11. The second kappa shape index (κ2) is 2.77. The van der Waals surface area contributed by atoms with Crippen molar-refractivity contribution in [2.45, 2.75) is 25.6 Å². The quantitative estimate of drug-likeness (QED) is 0.673. The van der Waals surface area contributed by atoms with E-state index in [-0.39, 0.29) is 6.04 Å². The molecule has 0 spiro atoms. The first kappa shape index (κ1) is 7.59. The van der Waals surface area contributed by atoms with Gasteiger partial charge in [0.2, 0.25) is 0 Å². The summed E-state index contributed by atoms with van der Waals surface area (Å²) in [5, 5.41) is 3.16. The van der Waals surface area contributed by atoms with Crippen LogP contribution in [0.15, 0.2) is 24.3 Å². The number of rotatable bonds is 1. The molecule has 2 rings (SSSR count). The lowest BCUT2D eigenvalue weighted by atomic mass is 10.1. The fourth-order valence-corrected chi connectivity index (χ4v) is 1.60. The van der Waals surface area contributed by atoms with Crippen LogP contribution in [0.5, 0.6) is 0 Å². The molecule has 1 heterocycles. The van der Waals surface area contributed by atoms with Gasteiger partial charge in [0.1, 0.15) is 6.17 Å². The van der Waals surface area contributed by atoms with Crippen LogP contribution in [-0.2, 0) is 6.42 Å². The van der Waals surface area contributed by atoms with Gasteiger partial charge in [-0.25, -0.2) is 4.39 Å². The number of hydrogen-bond donors (Lipinski definition) is 1. The van der Waals surface area contributed by atoms with Gasteiger partial charge in [-0.05, 0) is 25.0 Å². The molecular weight excluding hydrogens is 153 g/mol. The molecule has 1 aromatic rings. The Kier molecular flexibility index (Phi) is 1.75. The van der Waals surface area contributed by atoms with E-state index in [1.165, 1.54) is 5.56 Å². The highest BCUT2D eigenvalue weighted by Gasteiger charge is 2.24. The van der Waals surface area contributed by atoms with E-state index < -0.39 is 6.17 Å². The first-order valence-corrected chi connectivity index (χ1v) is 4.26. The van der Waals surface area contributed by atoms with Gasteiger partial charge in [0.15, 0.2) is 0 Å². The highest BCUT2D eigenvalue weighted by molar-refractivity contribution is 5.56. The third-order valence-electron chi connectivity index (χ3n) is 2.35. The smallest absolute Gasteiger partial charge is 0.118 e. The minimum Gasteiger partial charge on any atom is -0.379 e. The van der Waals surface area contributed by atoms with Crippen molar-refractivity contribution in [1.82, 2.24) is 0 Å². The lowest BCUT2D eigenvalue weighted by molar-refractivity contribution is 0.322. The molecule has 0 saturated heterocycles. The Morgan fingerprint density at radius 1 is 1.50 bits per heavy atom. The number of benzene rings is 1. The number of halogens is 1. The first-order chi connectivity index (χ1) is 5.77. The number of anilines is 1. The van der Waals surface area contributed by atoms with Crippen molar-refractivity contribution in [3.63, 3.8) is 0 Å². The number of alkyl halides is 1. The summed E-state index contributed by atoms with van der Waals surface area (Å²) < 4.78 is 12.9. The molecule has 12 heavy (non-hydrogen) atoms. The van der Waals surface area contributed by atoms with E-state index in [0.717, 1.165) is 12.1 Å².